The van der Waals surface area contributed by atoms with E-state index in [9.17, 15) is 14.7 Å². The molecule has 124 valence electrons. The van der Waals surface area contributed by atoms with Crippen molar-refractivity contribution in [1.82, 2.24) is 14.9 Å². The third-order valence-electron chi connectivity index (χ3n) is 4.30. The second-order valence-corrected chi connectivity index (χ2v) is 5.85. The van der Waals surface area contributed by atoms with Crippen LogP contribution in [0.5, 0.6) is 0 Å². The smallest absolute Gasteiger partial charge is 0.335 e. The molecular weight excluding hydrogens is 318 g/mol. The molecule has 2 heterocycles. The molecule has 6 nitrogen and oxygen atoms in total. The molecule has 0 spiro atoms. The standard InChI is InChI=1S/C19H15N3O3/c23-18-16-11-15(5-4-12(16)6-7-21-18)22-9-8-20-17(22)13-2-1-3-14(10-13)19(24)25/h1-5,8-11H,6-7H2,(H,21,23)(H,24,25). The number of fused-ring (bicyclic) bond motifs is 1. The maximum Gasteiger partial charge on any atom is 0.335 e. The van der Waals surface area contributed by atoms with Crippen molar-refractivity contribution < 1.29 is 14.7 Å². The van der Waals surface area contributed by atoms with Gasteiger partial charge in [0.05, 0.1) is 5.56 Å². The highest BCUT2D eigenvalue weighted by Gasteiger charge is 2.18. The largest absolute Gasteiger partial charge is 0.478 e. The molecule has 3 aromatic rings. The fourth-order valence-electron chi connectivity index (χ4n) is 3.07. The van der Waals surface area contributed by atoms with Crippen LogP contribution in [0.25, 0.3) is 17.1 Å². The van der Waals surface area contributed by atoms with Crippen molar-refractivity contribution in [1.29, 1.82) is 0 Å². The van der Waals surface area contributed by atoms with Crippen LogP contribution in [0.1, 0.15) is 26.3 Å². The number of carboxylic acid groups (broad SMARTS) is 1. The van der Waals surface area contributed by atoms with Crippen molar-refractivity contribution in [3.8, 4) is 17.1 Å². The fourth-order valence-corrected chi connectivity index (χ4v) is 3.07. The predicted molar refractivity (Wildman–Crippen MR) is 92.0 cm³/mol. The lowest BCUT2D eigenvalue weighted by Crippen LogP contribution is -2.31. The molecule has 0 saturated heterocycles. The van der Waals surface area contributed by atoms with Crippen LogP contribution < -0.4 is 5.32 Å². The third kappa shape index (κ3) is 2.67. The number of nitrogens with one attached hydrogen (secondary N) is 1. The molecule has 4 rings (SSSR count). The number of amides is 1. The first-order chi connectivity index (χ1) is 12.1. The van der Waals surface area contributed by atoms with Gasteiger partial charge in [0, 0.05) is 35.8 Å². The molecule has 0 bridgehead atoms. The maximum atomic E-state index is 12.1. The van der Waals surface area contributed by atoms with Gasteiger partial charge in [-0.2, -0.15) is 0 Å². The molecule has 1 aliphatic heterocycles. The van der Waals surface area contributed by atoms with E-state index in [4.69, 9.17) is 0 Å². The Morgan fingerprint density at radius 1 is 1.20 bits per heavy atom. The van der Waals surface area contributed by atoms with Crippen molar-refractivity contribution in [3.63, 3.8) is 0 Å². The molecule has 2 N–H and O–H groups in total. The number of carbonyl (C=O) groups excluding carboxylic acids is 1. The zero-order valence-electron chi connectivity index (χ0n) is 13.3. The molecule has 0 atom stereocenters. The van der Waals surface area contributed by atoms with Gasteiger partial charge in [-0.15, -0.1) is 0 Å². The summed E-state index contributed by atoms with van der Waals surface area (Å²) in [5.74, 6) is -0.428. The number of hydrogen-bond acceptors (Lipinski definition) is 3. The SMILES string of the molecule is O=C(O)c1cccc(-c2nccn2-c2ccc3c(c2)C(=O)NCC3)c1. The van der Waals surface area contributed by atoms with E-state index in [0.717, 1.165) is 17.7 Å². The van der Waals surface area contributed by atoms with E-state index in [0.29, 0.717) is 23.5 Å². The fraction of sp³-hybridized carbons (Fsp3) is 0.105. The Morgan fingerprint density at radius 2 is 2.08 bits per heavy atom. The summed E-state index contributed by atoms with van der Waals surface area (Å²) in [5, 5.41) is 12.0. The van der Waals surface area contributed by atoms with Gasteiger partial charge in [-0.1, -0.05) is 18.2 Å². The lowest BCUT2D eigenvalue weighted by atomic mass is 9.99. The minimum atomic E-state index is -0.981. The summed E-state index contributed by atoms with van der Waals surface area (Å²) < 4.78 is 1.85. The van der Waals surface area contributed by atoms with E-state index < -0.39 is 5.97 Å². The topological polar surface area (TPSA) is 84.2 Å². The highest BCUT2D eigenvalue weighted by molar-refractivity contribution is 5.97. The summed E-state index contributed by atoms with van der Waals surface area (Å²) in [6.45, 7) is 0.656. The Morgan fingerprint density at radius 3 is 2.92 bits per heavy atom. The summed E-state index contributed by atoms with van der Waals surface area (Å²) in [6.07, 6.45) is 4.27. The number of benzene rings is 2. The average molecular weight is 333 g/mol. The van der Waals surface area contributed by atoms with Crippen molar-refractivity contribution >= 4 is 11.9 Å². The number of carboxylic acids is 1. The van der Waals surface area contributed by atoms with Crippen LogP contribution in [0.4, 0.5) is 0 Å². The average Bonchev–Trinajstić information content (AvgIpc) is 3.12. The van der Waals surface area contributed by atoms with Crippen molar-refractivity contribution in [2.24, 2.45) is 0 Å². The molecule has 25 heavy (non-hydrogen) atoms. The van der Waals surface area contributed by atoms with Crippen LogP contribution in [0, 0.1) is 0 Å². The van der Waals surface area contributed by atoms with Gasteiger partial charge in [0.2, 0.25) is 0 Å². The van der Waals surface area contributed by atoms with Gasteiger partial charge in [0.1, 0.15) is 5.82 Å². The molecule has 6 heteroatoms. The number of hydrogen-bond donors (Lipinski definition) is 2. The van der Waals surface area contributed by atoms with Gasteiger partial charge >= 0.3 is 5.97 Å². The molecule has 0 saturated carbocycles. The zero-order chi connectivity index (χ0) is 17.4. The molecule has 0 unspecified atom stereocenters. The number of imidazole rings is 1. The van der Waals surface area contributed by atoms with Crippen LogP contribution >= 0.6 is 0 Å². The summed E-state index contributed by atoms with van der Waals surface area (Å²) in [4.78, 5) is 27.6. The highest BCUT2D eigenvalue weighted by atomic mass is 16.4. The van der Waals surface area contributed by atoms with E-state index >= 15 is 0 Å². The molecule has 0 aliphatic carbocycles. The molecule has 2 aromatic carbocycles. The number of nitrogens with zero attached hydrogens (tertiary/aromatic N) is 2. The van der Waals surface area contributed by atoms with Gasteiger partial charge in [-0.25, -0.2) is 9.78 Å². The minimum absolute atomic E-state index is 0.0716. The van der Waals surface area contributed by atoms with E-state index in [2.05, 4.69) is 10.3 Å². The van der Waals surface area contributed by atoms with Crippen molar-refractivity contribution in [2.75, 3.05) is 6.54 Å². The second kappa shape index (κ2) is 5.90. The van der Waals surface area contributed by atoms with Crippen LogP contribution in [-0.2, 0) is 6.42 Å². The second-order valence-electron chi connectivity index (χ2n) is 5.85. The molecular formula is C19H15N3O3. The first kappa shape index (κ1) is 15.1. The van der Waals surface area contributed by atoms with Gasteiger partial charge in [-0.05, 0) is 36.2 Å². The first-order valence-corrected chi connectivity index (χ1v) is 7.92. The summed E-state index contributed by atoms with van der Waals surface area (Å²) in [7, 11) is 0. The molecule has 1 aliphatic rings. The van der Waals surface area contributed by atoms with Gasteiger partial charge in [0.25, 0.3) is 5.91 Å². The number of rotatable bonds is 3. The summed E-state index contributed by atoms with van der Waals surface area (Å²) >= 11 is 0. The van der Waals surface area contributed by atoms with Gasteiger partial charge < -0.3 is 10.4 Å². The third-order valence-corrected chi connectivity index (χ3v) is 4.30. The van der Waals surface area contributed by atoms with E-state index in [1.54, 1.807) is 30.6 Å². The zero-order valence-corrected chi connectivity index (χ0v) is 13.3. The van der Waals surface area contributed by atoms with E-state index in [1.807, 2.05) is 28.8 Å². The normalized spacial score (nSPS) is 13.2. The lowest BCUT2D eigenvalue weighted by molar-refractivity contribution is 0.0696. The molecule has 1 amide bonds. The number of aromatic nitrogens is 2. The Kier molecular flexibility index (Phi) is 3.57. The van der Waals surface area contributed by atoms with Crippen LogP contribution in [0.2, 0.25) is 0 Å². The Balaban J connectivity index is 1.80. The Hall–Kier alpha value is -3.41. The number of aromatic carboxylic acids is 1. The minimum Gasteiger partial charge on any atom is -0.478 e. The molecule has 1 aromatic heterocycles. The van der Waals surface area contributed by atoms with Crippen molar-refractivity contribution in [2.45, 2.75) is 6.42 Å². The Labute approximate surface area is 143 Å². The summed E-state index contributed by atoms with van der Waals surface area (Å²) in [6, 6.07) is 12.4. The quantitative estimate of drug-likeness (QED) is 0.771. The van der Waals surface area contributed by atoms with E-state index in [-0.39, 0.29) is 11.5 Å². The first-order valence-electron chi connectivity index (χ1n) is 7.92. The van der Waals surface area contributed by atoms with Crippen LogP contribution in [0.3, 0.4) is 0 Å². The number of carbonyl (C=O) groups is 2. The lowest BCUT2D eigenvalue weighted by Gasteiger charge is -2.18. The highest BCUT2D eigenvalue weighted by Crippen LogP contribution is 2.25. The molecule has 0 radical (unpaired) electrons. The van der Waals surface area contributed by atoms with Gasteiger partial charge in [0.15, 0.2) is 0 Å². The Bertz CT molecular complexity index is 991. The molecule has 0 fully saturated rings. The summed E-state index contributed by atoms with van der Waals surface area (Å²) in [5.41, 5.74) is 3.41. The van der Waals surface area contributed by atoms with Crippen molar-refractivity contribution in [3.05, 3.63) is 71.5 Å². The van der Waals surface area contributed by atoms with E-state index in [1.165, 1.54) is 0 Å². The van der Waals surface area contributed by atoms with Crippen LogP contribution in [0.15, 0.2) is 54.9 Å². The van der Waals surface area contributed by atoms with Crippen LogP contribution in [-0.4, -0.2) is 33.1 Å². The predicted octanol–water partition coefficient (Wildman–Crippen LogP) is 2.52. The maximum absolute atomic E-state index is 12.1. The monoisotopic (exact) mass is 333 g/mol. The van der Waals surface area contributed by atoms with Gasteiger partial charge in [-0.3, -0.25) is 9.36 Å².